The van der Waals surface area contributed by atoms with E-state index in [0.717, 1.165) is 0 Å². The molecule has 0 aliphatic heterocycles. The summed E-state index contributed by atoms with van der Waals surface area (Å²) in [6.45, 7) is 9.51. The lowest BCUT2D eigenvalue weighted by molar-refractivity contribution is 0.101. The topological polar surface area (TPSA) is 83.0 Å². The maximum absolute atomic E-state index is 9.85. The van der Waals surface area contributed by atoms with Gasteiger partial charge in [0.2, 0.25) is 0 Å². The number of benzene rings is 1. The highest BCUT2D eigenvalue weighted by molar-refractivity contribution is 5.32. The Morgan fingerprint density at radius 3 is 1.62 bits per heavy atom. The van der Waals surface area contributed by atoms with Crippen molar-refractivity contribution in [1.29, 1.82) is 0 Å². The van der Waals surface area contributed by atoms with E-state index in [1.165, 1.54) is 0 Å². The molecule has 0 spiro atoms. The standard InChI is InChI=1S/C18H32N2O4/c1-13(2)19-9-15(21)11-23-17-6-5-7-18(8-17)24-12-16(22)10-20-14(3)4/h5-8,13-16,19-22H,9-12H2,1-4H3. The molecule has 0 aromatic heterocycles. The number of hydrogen-bond donors (Lipinski definition) is 4. The van der Waals surface area contributed by atoms with E-state index in [9.17, 15) is 10.2 Å². The molecule has 0 saturated carbocycles. The first kappa shape index (κ1) is 20.7. The van der Waals surface area contributed by atoms with Crippen molar-refractivity contribution in [2.24, 2.45) is 0 Å². The van der Waals surface area contributed by atoms with E-state index < -0.39 is 12.2 Å². The second kappa shape index (κ2) is 11.3. The maximum atomic E-state index is 9.85. The van der Waals surface area contributed by atoms with Gasteiger partial charge in [-0.25, -0.2) is 0 Å². The molecule has 1 rings (SSSR count). The van der Waals surface area contributed by atoms with Crippen LogP contribution in [0.15, 0.2) is 24.3 Å². The Morgan fingerprint density at radius 1 is 0.833 bits per heavy atom. The molecule has 0 aliphatic rings. The second-order valence-corrected chi connectivity index (χ2v) is 6.53. The van der Waals surface area contributed by atoms with Crippen LogP contribution in [0.4, 0.5) is 0 Å². The summed E-state index contributed by atoms with van der Waals surface area (Å²) in [6.07, 6.45) is -1.14. The third kappa shape index (κ3) is 9.72. The third-order valence-corrected chi connectivity index (χ3v) is 3.21. The van der Waals surface area contributed by atoms with E-state index in [1.807, 2.05) is 45.9 Å². The summed E-state index contributed by atoms with van der Waals surface area (Å²) in [5.41, 5.74) is 0. The minimum Gasteiger partial charge on any atom is -0.491 e. The Labute approximate surface area is 145 Å². The van der Waals surface area contributed by atoms with Crippen LogP contribution in [0, 0.1) is 0 Å². The number of rotatable bonds is 12. The molecule has 0 amide bonds. The first-order valence-electron chi connectivity index (χ1n) is 8.55. The van der Waals surface area contributed by atoms with Gasteiger partial charge in [0.15, 0.2) is 0 Å². The van der Waals surface area contributed by atoms with Crippen LogP contribution in [0.25, 0.3) is 0 Å². The van der Waals surface area contributed by atoms with Crippen molar-refractivity contribution in [3.05, 3.63) is 24.3 Å². The molecule has 24 heavy (non-hydrogen) atoms. The predicted octanol–water partition coefficient (Wildman–Crippen LogP) is 1.16. The molecule has 1 aromatic rings. The van der Waals surface area contributed by atoms with Crippen LogP contribution in [-0.4, -0.2) is 60.8 Å². The highest BCUT2D eigenvalue weighted by atomic mass is 16.5. The molecule has 0 aliphatic carbocycles. The molecule has 138 valence electrons. The smallest absolute Gasteiger partial charge is 0.123 e. The van der Waals surface area contributed by atoms with Crippen molar-refractivity contribution in [2.75, 3.05) is 26.3 Å². The van der Waals surface area contributed by atoms with Gasteiger partial charge < -0.3 is 30.3 Å². The molecule has 0 fully saturated rings. The fourth-order valence-electron chi connectivity index (χ4n) is 1.90. The van der Waals surface area contributed by atoms with Crippen LogP contribution in [0.2, 0.25) is 0 Å². The van der Waals surface area contributed by atoms with Gasteiger partial charge in [0.1, 0.15) is 36.9 Å². The predicted molar refractivity (Wildman–Crippen MR) is 95.7 cm³/mol. The Kier molecular flexibility index (Phi) is 9.71. The van der Waals surface area contributed by atoms with E-state index >= 15 is 0 Å². The summed E-state index contributed by atoms with van der Waals surface area (Å²) in [5.74, 6) is 1.26. The van der Waals surface area contributed by atoms with Crippen molar-refractivity contribution >= 4 is 0 Å². The zero-order valence-electron chi connectivity index (χ0n) is 15.2. The third-order valence-electron chi connectivity index (χ3n) is 3.21. The zero-order valence-corrected chi connectivity index (χ0v) is 15.2. The van der Waals surface area contributed by atoms with Crippen molar-refractivity contribution in [3.8, 4) is 11.5 Å². The van der Waals surface area contributed by atoms with E-state index in [2.05, 4.69) is 10.6 Å². The largest absolute Gasteiger partial charge is 0.491 e. The molecule has 1 aromatic carbocycles. The average Bonchev–Trinajstić information content (AvgIpc) is 2.54. The average molecular weight is 340 g/mol. The first-order chi connectivity index (χ1) is 11.4. The van der Waals surface area contributed by atoms with Gasteiger partial charge in [-0.2, -0.15) is 0 Å². The van der Waals surface area contributed by atoms with Crippen LogP contribution in [-0.2, 0) is 0 Å². The van der Waals surface area contributed by atoms with Gasteiger partial charge in [-0.3, -0.25) is 0 Å². The van der Waals surface area contributed by atoms with Crippen LogP contribution in [0.3, 0.4) is 0 Å². The second-order valence-electron chi connectivity index (χ2n) is 6.53. The monoisotopic (exact) mass is 340 g/mol. The quantitative estimate of drug-likeness (QED) is 0.457. The summed E-state index contributed by atoms with van der Waals surface area (Å²) in [6, 6.07) is 7.85. The molecule has 0 saturated heterocycles. The number of hydrogen-bond acceptors (Lipinski definition) is 6. The lowest BCUT2D eigenvalue weighted by Gasteiger charge is -2.16. The highest BCUT2D eigenvalue weighted by Crippen LogP contribution is 2.19. The van der Waals surface area contributed by atoms with E-state index in [4.69, 9.17) is 9.47 Å². The van der Waals surface area contributed by atoms with Crippen molar-refractivity contribution < 1.29 is 19.7 Å². The van der Waals surface area contributed by atoms with Crippen LogP contribution in [0.1, 0.15) is 27.7 Å². The fourth-order valence-corrected chi connectivity index (χ4v) is 1.90. The summed E-state index contributed by atoms with van der Waals surface area (Å²) < 4.78 is 11.2. The molecule has 2 unspecified atom stereocenters. The maximum Gasteiger partial charge on any atom is 0.123 e. The van der Waals surface area contributed by atoms with Crippen LogP contribution >= 0.6 is 0 Å². The molecule has 6 heteroatoms. The number of aliphatic hydroxyl groups excluding tert-OH is 2. The van der Waals surface area contributed by atoms with Crippen molar-refractivity contribution in [2.45, 2.75) is 52.0 Å². The van der Waals surface area contributed by atoms with Gasteiger partial charge in [0, 0.05) is 31.2 Å². The number of aliphatic hydroxyl groups is 2. The first-order valence-corrected chi connectivity index (χ1v) is 8.55. The summed E-state index contributed by atoms with van der Waals surface area (Å²) >= 11 is 0. The zero-order chi connectivity index (χ0) is 17.9. The van der Waals surface area contributed by atoms with Crippen LogP contribution in [0.5, 0.6) is 11.5 Å². The minimum absolute atomic E-state index is 0.212. The minimum atomic E-state index is -0.569. The Bertz CT molecular complexity index is 417. The molecular formula is C18H32N2O4. The van der Waals surface area contributed by atoms with Gasteiger partial charge in [-0.05, 0) is 12.1 Å². The SMILES string of the molecule is CC(C)NCC(O)COc1cccc(OCC(O)CNC(C)C)c1. The lowest BCUT2D eigenvalue weighted by atomic mass is 10.3. The fraction of sp³-hybridized carbons (Fsp3) is 0.667. The Morgan fingerprint density at radius 2 is 1.25 bits per heavy atom. The van der Waals surface area contributed by atoms with Gasteiger partial charge >= 0.3 is 0 Å². The number of ether oxygens (including phenoxy) is 2. The summed E-state index contributed by atoms with van der Waals surface area (Å²) in [4.78, 5) is 0. The normalized spacial score (nSPS) is 14.0. The molecule has 0 heterocycles. The molecule has 6 nitrogen and oxygen atoms in total. The van der Waals surface area contributed by atoms with Gasteiger partial charge in [-0.1, -0.05) is 33.8 Å². The number of nitrogens with one attached hydrogen (secondary N) is 2. The summed E-state index contributed by atoms with van der Waals surface area (Å²) in [5, 5.41) is 26.0. The Hall–Kier alpha value is -1.34. The van der Waals surface area contributed by atoms with E-state index in [0.29, 0.717) is 36.7 Å². The van der Waals surface area contributed by atoms with Gasteiger partial charge in [0.25, 0.3) is 0 Å². The molecular weight excluding hydrogens is 308 g/mol. The van der Waals surface area contributed by atoms with Gasteiger partial charge in [-0.15, -0.1) is 0 Å². The van der Waals surface area contributed by atoms with Crippen molar-refractivity contribution in [1.82, 2.24) is 10.6 Å². The van der Waals surface area contributed by atoms with Crippen molar-refractivity contribution in [3.63, 3.8) is 0 Å². The van der Waals surface area contributed by atoms with Gasteiger partial charge in [0.05, 0.1) is 0 Å². The molecule has 0 bridgehead atoms. The lowest BCUT2D eigenvalue weighted by Crippen LogP contribution is -2.35. The highest BCUT2D eigenvalue weighted by Gasteiger charge is 2.08. The molecule has 2 atom stereocenters. The molecule has 0 radical (unpaired) electrons. The van der Waals surface area contributed by atoms with E-state index in [1.54, 1.807) is 6.07 Å². The summed E-state index contributed by atoms with van der Waals surface area (Å²) in [7, 11) is 0. The molecule has 4 N–H and O–H groups in total. The van der Waals surface area contributed by atoms with E-state index in [-0.39, 0.29) is 13.2 Å². The Balaban J connectivity index is 2.35. The van der Waals surface area contributed by atoms with Crippen LogP contribution < -0.4 is 20.1 Å².